The van der Waals surface area contributed by atoms with Crippen molar-refractivity contribution in [3.05, 3.63) is 29.2 Å². The number of hydrogen-bond donors (Lipinski definition) is 0. The molecule has 0 aliphatic carbocycles. The Hall–Kier alpha value is -2.97. The number of anilines is 1. The SMILES string of the molecule is CCc1nc2c(N3C[C@@H]4CC[C@H](C3)N(Cc3c(C)noc3C)C4=O)ncnc2o1. The Morgan fingerprint density at radius 2 is 2.07 bits per heavy atom. The van der Waals surface area contributed by atoms with Gasteiger partial charge in [-0.3, -0.25) is 4.79 Å². The van der Waals surface area contributed by atoms with E-state index >= 15 is 0 Å². The van der Waals surface area contributed by atoms with Gasteiger partial charge in [-0.25, -0.2) is 9.97 Å². The largest absolute Gasteiger partial charge is 0.422 e. The average Bonchev–Trinajstić information content (AvgIpc) is 3.16. The Bertz CT molecular complexity index is 1050. The molecule has 1 amide bonds. The molecule has 0 aromatic carbocycles. The fourth-order valence-electron chi connectivity index (χ4n) is 4.49. The van der Waals surface area contributed by atoms with Crippen LogP contribution in [0.15, 0.2) is 15.3 Å². The van der Waals surface area contributed by atoms with E-state index in [1.807, 2.05) is 25.7 Å². The fourth-order valence-corrected chi connectivity index (χ4v) is 4.49. The predicted octanol–water partition coefficient (Wildman–Crippen LogP) is 2.41. The van der Waals surface area contributed by atoms with Crippen LogP contribution in [0, 0.1) is 19.8 Å². The summed E-state index contributed by atoms with van der Waals surface area (Å²) in [7, 11) is 0. The lowest BCUT2D eigenvalue weighted by Gasteiger charge is -2.35. The van der Waals surface area contributed by atoms with Crippen molar-refractivity contribution in [1.82, 2.24) is 25.0 Å². The molecule has 0 radical (unpaired) electrons. The summed E-state index contributed by atoms with van der Waals surface area (Å²) in [6.45, 7) is 7.70. The van der Waals surface area contributed by atoms with E-state index in [2.05, 4.69) is 25.0 Å². The molecule has 3 saturated heterocycles. The van der Waals surface area contributed by atoms with Crippen molar-refractivity contribution in [3.8, 4) is 0 Å². The van der Waals surface area contributed by atoms with Crippen LogP contribution >= 0.6 is 0 Å². The third-order valence-corrected chi connectivity index (χ3v) is 6.13. The number of piperidine rings is 1. The van der Waals surface area contributed by atoms with E-state index in [9.17, 15) is 4.79 Å². The monoisotopic (exact) mass is 396 g/mol. The van der Waals surface area contributed by atoms with E-state index in [4.69, 9.17) is 8.94 Å². The predicted molar refractivity (Wildman–Crippen MR) is 104 cm³/mol. The van der Waals surface area contributed by atoms with Crippen LogP contribution in [0.3, 0.4) is 0 Å². The zero-order chi connectivity index (χ0) is 20.1. The summed E-state index contributed by atoms with van der Waals surface area (Å²) in [5, 5.41) is 4.04. The molecule has 3 fully saturated rings. The van der Waals surface area contributed by atoms with Crippen LogP contribution in [-0.2, 0) is 17.8 Å². The molecule has 2 bridgehead atoms. The molecule has 29 heavy (non-hydrogen) atoms. The van der Waals surface area contributed by atoms with Crippen LogP contribution < -0.4 is 4.90 Å². The van der Waals surface area contributed by atoms with Gasteiger partial charge in [-0.15, -0.1) is 0 Å². The van der Waals surface area contributed by atoms with Crippen molar-refractivity contribution in [2.75, 3.05) is 18.0 Å². The number of hydrogen-bond acceptors (Lipinski definition) is 8. The molecule has 9 heteroatoms. The summed E-state index contributed by atoms with van der Waals surface area (Å²) in [6, 6.07) is 0.109. The fraction of sp³-hybridized carbons (Fsp3) is 0.550. The second kappa shape index (κ2) is 6.82. The highest BCUT2D eigenvalue weighted by Gasteiger charge is 2.42. The Morgan fingerprint density at radius 1 is 1.21 bits per heavy atom. The maximum absolute atomic E-state index is 13.2. The summed E-state index contributed by atoms with van der Waals surface area (Å²) in [5.41, 5.74) is 3.03. The molecule has 3 aliphatic heterocycles. The lowest BCUT2D eigenvalue weighted by molar-refractivity contribution is -0.140. The van der Waals surface area contributed by atoms with Gasteiger partial charge in [-0.05, 0) is 26.7 Å². The van der Waals surface area contributed by atoms with E-state index in [1.54, 1.807) is 0 Å². The van der Waals surface area contributed by atoms with Crippen LogP contribution in [0.5, 0.6) is 0 Å². The van der Waals surface area contributed by atoms with Gasteiger partial charge in [-0.2, -0.15) is 4.98 Å². The quantitative estimate of drug-likeness (QED) is 0.663. The Morgan fingerprint density at radius 3 is 2.83 bits per heavy atom. The second-order valence-corrected chi connectivity index (χ2v) is 7.91. The topological polar surface area (TPSA) is 101 Å². The van der Waals surface area contributed by atoms with Crippen molar-refractivity contribution in [2.45, 2.75) is 52.6 Å². The van der Waals surface area contributed by atoms with E-state index in [0.717, 1.165) is 35.7 Å². The first kappa shape index (κ1) is 18.1. The smallest absolute Gasteiger partial charge is 0.252 e. The summed E-state index contributed by atoms with van der Waals surface area (Å²) in [5.74, 6) is 2.32. The minimum Gasteiger partial charge on any atom is -0.422 e. The molecule has 3 aromatic heterocycles. The van der Waals surface area contributed by atoms with Crippen LogP contribution in [-0.4, -0.2) is 50.0 Å². The molecule has 3 aliphatic rings. The number of rotatable bonds is 4. The molecule has 6 rings (SSSR count). The van der Waals surface area contributed by atoms with E-state index in [-0.39, 0.29) is 17.9 Å². The number of oxazole rings is 1. The van der Waals surface area contributed by atoms with E-state index < -0.39 is 0 Å². The zero-order valence-corrected chi connectivity index (χ0v) is 16.9. The van der Waals surface area contributed by atoms with Crippen molar-refractivity contribution in [3.63, 3.8) is 0 Å². The Labute approximate surface area is 168 Å². The highest BCUT2D eigenvalue weighted by Crippen LogP contribution is 2.34. The lowest BCUT2D eigenvalue weighted by atomic mass is 9.93. The Kier molecular flexibility index (Phi) is 4.25. The highest BCUT2D eigenvalue weighted by atomic mass is 16.5. The molecule has 0 saturated carbocycles. The van der Waals surface area contributed by atoms with E-state index in [0.29, 0.717) is 43.2 Å². The molecule has 6 heterocycles. The van der Waals surface area contributed by atoms with Crippen LogP contribution in [0.4, 0.5) is 5.82 Å². The third kappa shape index (κ3) is 2.95. The summed E-state index contributed by atoms with van der Waals surface area (Å²) in [6.07, 6.45) is 4.08. The van der Waals surface area contributed by atoms with Gasteiger partial charge in [0, 0.05) is 31.1 Å². The molecule has 0 N–H and O–H groups in total. The standard InChI is InChI=1S/C20H24N6O3/c1-4-16-23-17-18(21-10-22-19(17)28-16)25-7-13-5-6-14(8-25)26(20(13)27)9-15-11(2)24-29-12(15)3/h10,13-14H,4-9H2,1-3H3/t13-,14+/m0/s1. The molecule has 0 unspecified atom stereocenters. The van der Waals surface area contributed by atoms with Gasteiger partial charge in [0.05, 0.1) is 18.2 Å². The number of carbonyl (C=O) groups excluding carboxylic acids is 1. The van der Waals surface area contributed by atoms with Gasteiger partial charge >= 0.3 is 0 Å². The van der Waals surface area contributed by atoms with Gasteiger partial charge in [-0.1, -0.05) is 12.1 Å². The van der Waals surface area contributed by atoms with Gasteiger partial charge in [0.1, 0.15) is 12.1 Å². The van der Waals surface area contributed by atoms with Gasteiger partial charge in [0.15, 0.2) is 17.2 Å². The maximum atomic E-state index is 13.2. The van der Waals surface area contributed by atoms with Crippen molar-refractivity contribution < 1.29 is 13.7 Å². The number of aryl methyl sites for hydroxylation is 3. The lowest BCUT2D eigenvalue weighted by Crippen LogP contribution is -2.47. The molecule has 9 nitrogen and oxygen atoms in total. The highest BCUT2D eigenvalue weighted by molar-refractivity contribution is 5.85. The van der Waals surface area contributed by atoms with Crippen molar-refractivity contribution in [2.24, 2.45) is 5.92 Å². The molecule has 152 valence electrons. The van der Waals surface area contributed by atoms with Crippen LogP contribution in [0.2, 0.25) is 0 Å². The van der Waals surface area contributed by atoms with Crippen LogP contribution in [0.25, 0.3) is 11.2 Å². The molecule has 0 spiro atoms. The summed E-state index contributed by atoms with van der Waals surface area (Å²) >= 11 is 0. The molecule has 2 atom stereocenters. The first-order valence-electron chi connectivity index (χ1n) is 10.1. The molecular weight excluding hydrogens is 372 g/mol. The minimum atomic E-state index is -0.0585. The van der Waals surface area contributed by atoms with Gasteiger partial charge in [0.2, 0.25) is 5.91 Å². The minimum absolute atomic E-state index is 0.0585. The first-order valence-corrected chi connectivity index (χ1v) is 10.1. The number of carbonyl (C=O) groups is 1. The van der Waals surface area contributed by atoms with Crippen molar-refractivity contribution >= 4 is 23.0 Å². The van der Waals surface area contributed by atoms with E-state index in [1.165, 1.54) is 6.33 Å². The summed E-state index contributed by atoms with van der Waals surface area (Å²) < 4.78 is 11.0. The number of nitrogens with zero attached hydrogens (tertiary/aromatic N) is 6. The Balaban J connectivity index is 1.48. The third-order valence-electron chi connectivity index (χ3n) is 6.13. The first-order chi connectivity index (χ1) is 14.0. The number of amides is 1. The van der Waals surface area contributed by atoms with Crippen molar-refractivity contribution in [1.29, 1.82) is 0 Å². The summed E-state index contributed by atoms with van der Waals surface area (Å²) in [4.78, 5) is 30.7. The maximum Gasteiger partial charge on any atom is 0.252 e. The number of fused-ring (bicyclic) bond motifs is 5. The van der Waals surface area contributed by atoms with Crippen LogP contribution in [0.1, 0.15) is 42.7 Å². The zero-order valence-electron chi connectivity index (χ0n) is 16.9. The second-order valence-electron chi connectivity index (χ2n) is 7.91. The molecule has 3 aromatic rings. The average molecular weight is 396 g/mol. The molecular formula is C20H24N6O3. The normalized spacial score (nSPS) is 22.0. The van der Waals surface area contributed by atoms with Gasteiger partial charge in [0.25, 0.3) is 5.71 Å². The van der Waals surface area contributed by atoms with Gasteiger partial charge < -0.3 is 18.7 Å². The number of aromatic nitrogens is 4.